The quantitative estimate of drug-likeness (QED) is 0.565. The summed E-state index contributed by atoms with van der Waals surface area (Å²) < 4.78 is 9.58. The number of methoxy groups -OCH3 is 2. The van der Waals surface area contributed by atoms with Gasteiger partial charge in [0.05, 0.1) is 24.6 Å². The first-order valence-corrected chi connectivity index (χ1v) is 7.82. The molecule has 0 saturated heterocycles. The van der Waals surface area contributed by atoms with Crippen LogP contribution in [0, 0.1) is 0 Å². The van der Waals surface area contributed by atoms with Crippen molar-refractivity contribution in [1.82, 2.24) is 10.3 Å². The highest BCUT2D eigenvalue weighted by atomic mass is 16.5. The first kappa shape index (κ1) is 18.4. The highest BCUT2D eigenvalue weighted by Gasteiger charge is 2.07. The topological polar surface area (TPSA) is 89.6 Å². The molecule has 0 fully saturated rings. The van der Waals surface area contributed by atoms with Gasteiger partial charge in [-0.15, -0.1) is 0 Å². The van der Waals surface area contributed by atoms with Crippen molar-refractivity contribution in [3.05, 3.63) is 53.9 Å². The largest absolute Gasteiger partial charge is 0.465 e. The Bertz CT molecular complexity index is 699. The summed E-state index contributed by atoms with van der Waals surface area (Å²) in [5.41, 5.74) is 2.36. The third-order valence-electron chi connectivity index (χ3n) is 3.40. The molecule has 0 aliphatic rings. The molecule has 25 heavy (non-hydrogen) atoms. The van der Waals surface area contributed by atoms with E-state index in [0.717, 1.165) is 17.8 Å². The number of esters is 1. The van der Waals surface area contributed by atoms with Crippen molar-refractivity contribution < 1.29 is 19.1 Å². The third kappa shape index (κ3) is 5.58. The second kappa shape index (κ2) is 9.39. The van der Waals surface area contributed by atoms with Crippen LogP contribution in [0.2, 0.25) is 0 Å². The molecule has 0 saturated carbocycles. The van der Waals surface area contributed by atoms with Crippen molar-refractivity contribution in [2.24, 2.45) is 0 Å². The molecule has 2 N–H and O–H groups in total. The van der Waals surface area contributed by atoms with Crippen LogP contribution in [0.5, 0.6) is 0 Å². The Labute approximate surface area is 146 Å². The zero-order valence-corrected chi connectivity index (χ0v) is 14.2. The Morgan fingerprint density at radius 1 is 1.04 bits per heavy atom. The minimum absolute atomic E-state index is 0.218. The number of rotatable bonds is 8. The maximum absolute atomic E-state index is 11.9. The number of nitrogens with one attached hydrogen (secondary N) is 2. The highest BCUT2D eigenvalue weighted by Crippen LogP contribution is 2.17. The van der Waals surface area contributed by atoms with E-state index in [-0.39, 0.29) is 11.9 Å². The lowest BCUT2D eigenvalue weighted by molar-refractivity contribution is 0.0600. The first-order chi connectivity index (χ1) is 12.1. The van der Waals surface area contributed by atoms with Gasteiger partial charge in [0.1, 0.15) is 5.69 Å². The maximum atomic E-state index is 11.9. The number of amides is 1. The lowest BCUT2D eigenvalue weighted by Gasteiger charge is -2.08. The molecule has 0 aliphatic heterocycles. The molecule has 0 radical (unpaired) electrons. The molecular formula is C18H21N3O4. The maximum Gasteiger partial charge on any atom is 0.337 e. The minimum Gasteiger partial charge on any atom is -0.465 e. The molecule has 0 atom stereocenters. The molecular weight excluding hydrogens is 322 g/mol. The summed E-state index contributed by atoms with van der Waals surface area (Å²) >= 11 is 0. The summed E-state index contributed by atoms with van der Waals surface area (Å²) in [6, 6.07) is 10.3. The van der Waals surface area contributed by atoms with Crippen LogP contribution in [0.1, 0.15) is 27.3 Å². The second-order valence-electron chi connectivity index (χ2n) is 5.23. The van der Waals surface area contributed by atoms with Gasteiger partial charge in [0.25, 0.3) is 5.91 Å². The molecule has 1 heterocycles. The number of nitrogens with zero attached hydrogens (tertiary/aromatic N) is 1. The smallest absolute Gasteiger partial charge is 0.337 e. The normalized spacial score (nSPS) is 10.2. The molecule has 132 valence electrons. The van der Waals surface area contributed by atoms with E-state index in [4.69, 9.17) is 4.74 Å². The fraction of sp³-hybridized carbons (Fsp3) is 0.278. The SMILES string of the molecule is COCCCNC(=O)c1ccc(Nc2ccc(C(=O)OC)cc2)cn1. The Balaban J connectivity index is 1.91. The highest BCUT2D eigenvalue weighted by molar-refractivity contribution is 5.92. The third-order valence-corrected chi connectivity index (χ3v) is 3.40. The van der Waals surface area contributed by atoms with Gasteiger partial charge in [0.15, 0.2) is 0 Å². The molecule has 0 aliphatic carbocycles. The Hall–Kier alpha value is -2.93. The number of carbonyl (C=O) groups is 2. The number of aromatic nitrogens is 1. The van der Waals surface area contributed by atoms with Gasteiger partial charge >= 0.3 is 5.97 Å². The van der Waals surface area contributed by atoms with Crippen molar-refractivity contribution in [3.8, 4) is 0 Å². The van der Waals surface area contributed by atoms with Gasteiger partial charge in [0, 0.05) is 25.9 Å². The Morgan fingerprint density at radius 2 is 1.76 bits per heavy atom. The van der Waals surface area contributed by atoms with Crippen molar-refractivity contribution in [1.29, 1.82) is 0 Å². The summed E-state index contributed by atoms with van der Waals surface area (Å²) in [5, 5.41) is 5.93. The fourth-order valence-corrected chi connectivity index (χ4v) is 2.09. The molecule has 7 nitrogen and oxygen atoms in total. The molecule has 0 spiro atoms. The van der Waals surface area contributed by atoms with E-state index in [1.165, 1.54) is 7.11 Å². The molecule has 1 amide bonds. The van der Waals surface area contributed by atoms with Gasteiger partial charge in [-0.3, -0.25) is 4.79 Å². The van der Waals surface area contributed by atoms with Gasteiger partial charge in [-0.05, 0) is 42.8 Å². The van der Waals surface area contributed by atoms with Crippen molar-refractivity contribution in [2.45, 2.75) is 6.42 Å². The summed E-state index contributed by atoms with van der Waals surface area (Å²) in [6.45, 7) is 1.15. The number of hydrogen-bond donors (Lipinski definition) is 2. The monoisotopic (exact) mass is 343 g/mol. The summed E-state index contributed by atoms with van der Waals surface area (Å²) in [4.78, 5) is 27.5. The second-order valence-corrected chi connectivity index (χ2v) is 5.23. The first-order valence-electron chi connectivity index (χ1n) is 7.82. The lowest BCUT2D eigenvalue weighted by Crippen LogP contribution is -2.26. The van der Waals surface area contributed by atoms with Crippen LogP contribution in [0.15, 0.2) is 42.6 Å². The van der Waals surface area contributed by atoms with Gasteiger partial charge in [-0.1, -0.05) is 0 Å². The van der Waals surface area contributed by atoms with E-state index < -0.39 is 0 Å². The van der Waals surface area contributed by atoms with Crippen LogP contribution in [-0.2, 0) is 9.47 Å². The van der Waals surface area contributed by atoms with Gasteiger partial charge in [-0.2, -0.15) is 0 Å². The average molecular weight is 343 g/mol. The lowest BCUT2D eigenvalue weighted by atomic mass is 10.2. The summed E-state index contributed by atoms with van der Waals surface area (Å²) in [7, 11) is 2.97. The molecule has 2 aromatic rings. The Kier molecular flexibility index (Phi) is 6.91. The molecule has 7 heteroatoms. The van der Waals surface area contributed by atoms with E-state index in [1.54, 1.807) is 49.7 Å². The number of carbonyl (C=O) groups excluding carboxylic acids is 2. The van der Waals surface area contributed by atoms with Crippen molar-refractivity contribution in [3.63, 3.8) is 0 Å². The van der Waals surface area contributed by atoms with E-state index in [2.05, 4.69) is 20.4 Å². The van der Waals surface area contributed by atoms with Crippen LogP contribution in [0.25, 0.3) is 0 Å². The molecule has 0 bridgehead atoms. The van der Waals surface area contributed by atoms with Crippen molar-refractivity contribution in [2.75, 3.05) is 32.7 Å². The van der Waals surface area contributed by atoms with Crippen LogP contribution < -0.4 is 10.6 Å². The molecule has 0 unspecified atom stereocenters. The molecule has 1 aromatic carbocycles. The van der Waals surface area contributed by atoms with Gasteiger partial charge < -0.3 is 20.1 Å². The average Bonchev–Trinajstić information content (AvgIpc) is 2.65. The van der Waals surface area contributed by atoms with Crippen LogP contribution in [0.4, 0.5) is 11.4 Å². The van der Waals surface area contributed by atoms with Crippen molar-refractivity contribution >= 4 is 23.3 Å². The number of ether oxygens (including phenoxy) is 2. The van der Waals surface area contributed by atoms with E-state index in [0.29, 0.717) is 24.4 Å². The predicted octanol–water partition coefficient (Wildman–Crippen LogP) is 2.38. The van der Waals surface area contributed by atoms with E-state index in [9.17, 15) is 9.59 Å². The summed E-state index contributed by atoms with van der Waals surface area (Å²) in [5.74, 6) is -0.598. The van der Waals surface area contributed by atoms with Crippen LogP contribution in [0.3, 0.4) is 0 Å². The molecule has 2 rings (SSSR count). The number of hydrogen-bond acceptors (Lipinski definition) is 6. The van der Waals surface area contributed by atoms with Crippen LogP contribution in [-0.4, -0.2) is 44.2 Å². The minimum atomic E-state index is -0.380. The van der Waals surface area contributed by atoms with Crippen LogP contribution >= 0.6 is 0 Å². The van der Waals surface area contributed by atoms with E-state index in [1.807, 2.05) is 0 Å². The predicted molar refractivity (Wildman–Crippen MR) is 94.1 cm³/mol. The van der Waals surface area contributed by atoms with E-state index >= 15 is 0 Å². The van der Waals surface area contributed by atoms with Gasteiger partial charge in [0.2, 0.25) is 0 Å². The zero-order chi connectivity index (χ0) is 18.1. The fourth-order valence-electron chi connectivity index (χ4n) is 2.09. The molecule has 1 aromatic heterocycles. The standard InChI is InChI=1S/C18H21N3O4/c1-24-11-3-10-19-17(22)16-9-8-15(12-20-16)21-14-6-4-13(5-7-14)18(23)25-2/h4-9,12,21H,3,10-11H2,1-2H3,(H,19,22). The summed E-state index contributed by atoms with van der Waals surface area (Å²) in [6.07, 6.45) is 2.34. The Morgan fingerprint density at radius 3 is 2.36 bits per heavy atom. The number of pyridine rings is 1. The number of anilines is 2. The van der Waals surface area contributed by atoms with Gasteiger partial charge in [-0.25, -0.2) is 9.78 Å². The zero-order valence-electron chi connectivity index (χ0n) is 14.2. The number of benzene rings is 1.